The molecule has 2 aromatic rings. The topological polar surface area (TPSA) is 92.4 Å². The van der Waals surface area contributed by atoms with E-state index in [-0.39, 0.29) is 19.0 Å². The highest BCUT2D eigenvalue weighted by Gasteiger charge is 2.22. The Morgan fingerprint density at radius 2 is 1.95 bits per heavy atom. The molecular weight excluding hydrogens is 286 g/mol. The van der Waals surface area contributed by atoms with Crippen molar-refractivity contribution in [1.82, 2.24) is 9.97 Å². The molecule has 0 saturated carbocycles. The number of anilines is 1. The Kier molecular flexibility index (Phi) is 5.02. The molecule has 0 aliphatic heterocycles. The third-order valence-corrected chi connectivity index (χ3v) is 2.79. The van der Waals surface area contributed by atoms with Gasteiger partial charge in [-0.05, 0) is 25.1 Å². The number of carbonyl (C=O) groups is 2. The first-order valence-electron chi connectivity index (χ1n) is 6.70. The lowest BCUT2D eigenvalue weighted by Gasteiger charge is -2.20. The minimum atomic E-state index is -0.604. The minimum absolute atomic E-state index is 0.0886. The third kappa shape index (κ3) is 3.78. The molecule has 0 radical (unpaired) electrons. The molecule has 0 fully saturated rings. The average Bonchev–Trinajstić information content (AvgIpc) is 2.53. The van der Waals surface area contributed by atoms with Gasteiger partial charge < -0.3 is 9.72 Å². The van der Waals surface area contributed by atoms with Gasteiger partial charge in [-0.2, -0.15) is 4.98 Å². The van der Waals surface area contributed by atoms with Crippen molar-refractivity contribution in [3.63, 3.8) is 0 Å². The lowest BCUT2D eigenvalue weighted by atomic mass is 10.2. The molecule has 0 atom stereocenters. The molecule has 0 aliphatic rings. The number of ether oxygens (including phenoxy) is 1. The summed E-state index contributed by atoms with van der Waals surface area (Å²) < 4.78 is 4.86. The van der Waals surface area contributed by atoms with Crippen molar-refractivity contribution < 1.29 is 14.3 Å². The number of rotatable bonds is 5. The molecule has 0 bridgehead atoms. The summed E-state index contributed by atoms with van der Waals surface area (Å²) in [5, 5.41) is 0. The van der Waals surface area contributed by atoms with Crippen LogP contribution in [0.3, 0.4) is 0 Å². The zero-order chi connectivity index (χ0) is 15.9. The van der Waals surface area contributed by atoms with E-state index in [0.717, 1.165) is 4.90 Å². The zero-order valence-electron chi connectivity index (χ0n) is 12.0. The molecule has 1 aromatic heterocycles. The van der Waals surface area contributed by atoms with Crippen LogP contribution in [0.25, 0.3) is 0 Å². The van der Waals surface area contributed by atoms with Crippen LogP contribution in [0.4, 0.5) is 5.82 Å². The number of nitrogens with one attached hydrogen (secondary N) is 1. The fraction of sp³-hybridized carbons (Fsp3) is 0.200. The summed E-state index contributed by atoms with van der Waals surface area (Å²) in [7, 11) is 0. The first-order chi connectivity index (χ1) is 10.6. The van der Waals surface area contributed by atoms with Crippen LogP contribution in [-0.4, -0.2) is 35.0 Å². The number of hydrogen-bond acceptors (Lipinski definition) is 5. The maximum absolute atomic E-state index is 12.6. The third-order valence-electron chi connectivity index (χ3n) is 2.79. The molecule has 7 heteroatoms. The van der Waals surface area contributed by atoms with Gasteiger partial charge in [0.05, 0.1) is 6.61 Å². The van der Waals surface area contributed by atoms with Crippen molar-refractivity contribution in [3.05, 3.63) is 58.6 Å². The van der Waals surface area contributed by atoms with Gasteiger partial charge in [0, 0.05) is 11.8 Å². The maximum atomic E-state index is 12.6. The van der Waals surface area contributed by atoms with E-state index < -0.39 is 17.6 Å². The van der Waals surface area contributed by atoms with E-state index >= 15 is 0 Å². The smallest absolute Gasteiger partial charge is 0.346 e. The maximum Gasteiger partial charge on any atom is 0.346 e. The van der Waals surface area contributed by atoms with Crippen LogP contribution in [0.15, 0.2) is 47.4 Å². The van der Waals surface area contributed by atoms with Gasteiger partial charge in [-0.15, -0.1) is 0 Å². The standard InChI is InChI=1S/C15H15N3O4/c1-2-22-13(19)10-18(12-8-9-16-15(21)17-12)14(20)11-6-4-3-5-7-11/h3-9H,2,10H2,1H3,(H,16,17,21). The van der Waals surface area contributed by atoms with E-state index in [1.54, 1.807) is 37.3 Å². The Morgan fingerprint density at radius 3 is 2.59 bits per heavy atom. The van der Waals surface area contributed by atoms with Crippen LogP contribution in [-0.2, 0) is 9.53 Å². The number of aromatic amines is 1. The second-order valence-corrected chi connectivity index (χ2v) is 4.32. The summed E-state index contributed by atoms with van der Waals surface area (Å²) in [4.78, 5) is 42.8. The van der Waals surface area contributed by atoms with E-state index in [4.69, 9.17) is 4.74 Å². The normalized spacial score (nSPS) is 10.0. The first kappa shape index (κ1) is 15.4. The molecule has 0 saturated heterocycles. The molecule has 1 aromatic carbocycles. The van der Waals surface area contributed by atoms with Crippen molar-refractivity contribution >= 4 is 17.7 Å². The Hall–Kier alpha value is -2.96. The number of H-pyrrole nitrogens is 1. The second-order valence-electron chi connectivity index (χ2n) is 4.32. The highest BCUT2D eigenvalue weighted by atomic mass is 16.5. The molecule has 22 heavy (non-hydrogen) atoms. The molecule has 1 heterocycles. The number of carbonyl (C=O) groups excluding carboxylic acids is 2. The summed E-state index contributed by atoms with van der Waals surface area (Å²) in [5.74, 6) is -0.925. The molecule has 114 valence electrons. The van der Waals surface area contributed by atoms with Crippen molar-refractivity contribution in [3.8, 4) is 0 Å². The van der Waals surface area contributed by atoms with Gasteiger partial charge in [-0.1, -0.05) is 18.2 Å². The molecule has 0 spiro atoms. The van der Waals surface area contributed by atoms with Crippen LogP contribution >= 0.6 is 0 Å². The van der Waals surface area contributed by atoms with E-state index in [1.165, 1.54) is 12.3 Å². The quantitative estimate of drug-likeness (QED) is 0.831. The highest BCUT2D eigenvalue weighted by Crippen LogP contribution is 2.12. The Morgan fingerprint density at radius 1 is 1.23 bits per heavy atom. The zero-order valence-corrected chi connectivity index (χ0v) is 12.0. The van der Waals surface area contributed by atoms with Gasteiger partial charge in [0.2, 0.25) is 0 Å². The van der Waals surface area contributed by atoms with Gasteiger partial charge in [0.1, 0.15) is 12.4 Å². The molecular formula is C15H15N3O4. The molecule has 1 N–H and O–H groups in total. The van der Waals surface area contributed by atoms with E-state index in [9.17, 15) is 14.4 Å². The van der Waals surface area contributed by atoms with E-state index in [0.29, 0.717) is 5.56 Å². The fourth-order valence-electron chi connectivity index (χ4n) is 1.84. The van der Waals surface area contributed by atoms with Gasteiger partial charge in [-0.3, -0.25) is 14.5 Å². The van der Waals surface area contributed by atoms with Crippen LogP contribution in [0, 0.1) is 0 Å². The van der Waals surface area contributed by atoms with Gasteiger partial charge in [0.25, 0.3) is 5.91 Å². The lowest BCUT2D eigenvalue weighted by molar-refractivity contribution is -0.141. The molecule has 7 nitrogen and oxygen atoms in total. The second kappa shape index (κ2) is 7.16. The van der Waals surface area contributed by atoms with Crippen molar-refractivity contribution in [2.24, 2.45) is 0 Å². The number of nitrogens with zero attached hydrogens (tertiary/aromatic N) is 2. The van der Waals surface area contributed by atoms with Gasteiger partial charge in [-0.25, -0.2) is 4.79 Å². The van der Waals surface area contributed by atoms with Crippen molar-refractivity contribution in [1.29, 1.82) is 0 Å². The SMILES string of the molecule is CCOC(=O)CN(C(=O)c1ccccc1)c1cc[nH]c(=O)n1. The summed E-state index contributed by atoms with van der Waals surface area (Å²) in [5.41, 5.74) is -0.221. The molecule has 0 aliphatic carbocycles. The Labute approximate surface area is 126 Å². The number of aromatic nitrogens is 2. The lowest BCUT2D eigenvalue weighted by Crippen LogP contribution is -2.38. The number of benzene rings is 1. The van der Waals surface area contributed by atoms with Gasteiger partial charge in [0.15, 0.2) is 0 Å². The number of hydrogen-bond donors (Lipinski definition) is 1. The minimum Gasteiger partial charge on any atom is -0.465 e. The van der Waals surface area contributed by atoms with Crippen LogP contribution < -0.4 is 10.6 Å². The van der Waals surface area contributed by atoms with Crippen molar-refractivity contribution in [2.75, 3.05) is 18.1 Å². The fourth-order valence-corrected chi connectivity index (χ4v) is 1.84. The predicted octanol–water partition coefficient (Wildman–Crippen LogP) is 0.980. The Balaban J connectivity index is 2.35. The largest absolute Gasteiger partial charge is 0.465 e. The molecule has 0 unspecified atom stereocenters. The van der Waals surface area contributed by atoms with Gasteiger partial charge >= 0.3 is 11.7 Å². The Bertz CT molecular complexity index is 712. The molecule has 2 rings (SSSR count). The predicted molar refractivity (Wildman–Crippen MR) is 79.6 cm³/mol. The highest BCUT2D eigenvalue weighted by molar-refractivity contribution is 6.07. The van der Waals surface area contributed by atoms with Crippen LogP contribution in [0.1, 0.15) is 17.3 Å². The van der Waals surface area contributed by atoms with Crippen molar-refractivity contribution in [2.45, 2.75) is 6.92 Å². The van der Waals surface area contributed by atoms with Crippen LogP contribution in [0.5, 0.6) is 0 Å². The monoisotopic (exact) mass is 301 g/mol. The van der Waals surface area contributed by atoms with Crippen LogP contribution in [0.2, 0.25) is 0 Å². The summed E-state index contributed by atoms with van der Waals surface area (Å²) in [6.07, 6.45) is 1.36. The van der Waals surface area contributed by atoms with E-state index in [2.05, 4.69) is 9.97 Å². The number of esters is 1. The summed E-state index contributed by atoms with van der Waals surface area (Å²) >= 11 is 0. The van der Waals surface area contributed by atoms with E-state index in [1.807, 2.05) is 0 Å². The first-order valence-corrected chi connectivity index (χ1v) is 6.70. The molecule has 1 amide bonds. The summed E-state index contributed by atoms with van der Waals surface area (Å²) in [6.45, 7) is 1.56. The average molecular weight is 301 g/mol. The number of amides is 1. The summed E-state index contributed by atoms with van der Waals surface area (Å²) in [6, 6.07) is 9.88.